The van der Waals surface area contributed by atoms with E-state index in [4.69, 9.17) is 5.73 Å². The third kappa shape index (κ3) is 2.19. The van der Waals surface area contributed by atoms with Gasteiger partial charge in [0.2, 0.25) is 17.7 Å². The Labute approximate surface area is 112 Å². The van der Waals surface area contributed by atoms with Gasteiger partial charge in [-0.05, 0) is 19.3 Å². The summed E-state index contributed by atoms with van der Waals surface area (Å²) in [4.78, 5) is 39.0. The number of nitrogens with two attached hydrogens (primary N) is 1. The normalized spacial score (nSPS) is 26.8. The predicted molar refractivity (Wildman–Crippen MR) is 68.9 cm³/mol. The number of amides is 3. The highest BCUT2D eigenvalue weighted by atomic mass is 16.2. The highest BCUT2D eigenvalue weighted by Crippen LogP contribution is 2.39. The van der Waals surface area contributed by atoms with Crippen molar-refractivity contribution in [2.45, 2.75) is 38.6 Å². The van der Waals surface area contributed by atoms with Gasteiger partial charge in [-0.3, -0.25) is 14.4 Å². The van der Waals surface area contributed by atoms with E-state index >= 15 is 0 Å². The summed E-state index contributed by atoms with van der Waals surface area (Å²) < 4.78 is 0. The van der Waals surface area contributed by atoms with Crippen LogP contribution in [0.3, 0.4) is 0 Å². The Bertz CT molecular complexity index is 421. The van der Waals surface area contributed by atoms with Gasteiger partial charge in [-0.2, -0.15) is 0 Å². The molecule has 2 aliphatic rings. The average molecular weight is 267 g/mol. The van der Waals surface area contributed by atoms with Gasteiger partial charge in [0, 0.05) is 19.0 Å². The Morgan fingerprint density at radius 3 is 2.58 bits per heavy atom. The van der Waals surface area contributed by atoms with Crippen molar-refractivity contribution in [3.63, 3.8) is 0 Å². The Morgan fingerprint density at radius 2 is 2.00 bits per heavy atom. The summed E-state index contributed by atoms with van der Waals surface area (Å²) in [6.07, 6.45) is 2.14. The minimum absolute atomic E-state index is 0.0202. The summed E-state index contributed by atoms with van der Waals surface area (Å²) in [6.45, 7) is 4.77. The molecule has 2 N–H and O–H groups in total. The van der Waals surface area contributed by atoms with Crippen LogP contribution in [0.4, 0.5) is 0 Å². The fourth-order valence-electron chi connectivity index (χ4n) is 3.16. The Morgan fingerprint density at radius 1 is 1.32 bits per heavy atom. The summed E-state index contributed by atoms with van der Waals surface area (Å²) in [5, 5.41) is 0. The molecule has 6 nitrogen and oxygen atoms in total. The van der Waals surface area contributed by atoms with E-state index in [9.17, 15) is 14.4 Å². The molecular weight excluding hydrogens is 246 g/mol. The monoisotopic (exact) mass is 267 g/mol. The van der Waals surface area contributed by atoms with E-state index in [1.54, 1.807) is 4.90 Å². The van der Waals surface area contributed by atoms with Gasteiger partial charge >= 0.3 is 0 Å². The second-order valence-corrected chi connectivity index (χ2v) is 5.72. The van der Waals surface area contributed by atoms with E-state index in [-0.39, 0.29) is 24.3 Å². The van der Waals surface area contributed by atoms with Crippen LogP contribution in [-0.4, -0.2) is 52.7 Å². The zero-order valence-corrected chi connectivity index (χ0v) is 11.5. The van der Waals surface area contributed by atoms with Crippen molar-refractivity contribution in [1.29, 1.82) is 0 Å². The average Bonchev–Trinajstić information content (AvgIpc) is 2.88. The lowest BCUT2D eigenvalue weighted by Gasteiger charge is -2.34. The van der Waals surface area contributed by atoms with Crippen molar-refractivity contribution in [1.82, 2.24) is 9.80 Å². The SMILES string of the molecule is CC(C)C(=O)N1CCCC12CCN(CC(N)=O)C2=O. The predicted octanol–water partition coefficient (Wildman–Crippen LogP) is -0.279. The standard InChI is InChI=1S/C13H21N3O3/c1-9(2)11(18)16-6-3-4-13(16)5-7-15(12(13)19)8-10(14)17/h9H,3-8H2,1-2H3,(H2,14,17). The molecule has 1 spiro atoms. The first-order valence-corrected chi connectivity index (χ1v) is 6.77. The van der Waals surface area contributed by atoms with Crippen molar-refractivity contribution in [2.24, 2.45) is 11.7 Å². The lowest BCUT2D eigenvalue weighted by molar-refractivity contribution is -0.148. The fourth-order valence-corrected chi connectivity index (χ4v) is 3.16. The molecule has 106 valence electrons. The number of primary amides is 1. The van der Waals surface area contributed by atoms with Gasteiger partial charge in [-0.25, -0.2) is 0 Å². The molecule has 2 rings (SSSR count). The van der Waals surface area contributed by atoms with Crippen LogP contribution in [0.1, 0.15) is 33.1 Å². The summed E-state index contributed by atoms with van der Waals surface area (Å²) in [5.74, 6) is -0.720. The molecule has 0 aliphatic carbocycles. The van der Waals surface area contributed by atoms with Crippen LogP contribution in [-0.2, 0) is 14.4 Å². The topological polar surface area (TPSA) is 83.7 Å². The summed E-state index contributed by atoms with van der Waals surface area (Å²) in [5.41, 5.74) is 4.44. The maximum Gasteiger partial charge on any atom is 0.249 e. The van der Waals surface area contributed by atoms with Gasteiger partial charge in [0.1, 0.15) is 5.54 Å². The van der Waals surface area contributed by atoms with Crippen LogP contribution >= 0.6 is 0 Å². The van der Waals surface area contributed by atoms with E-state index in [2.05, 4.69) is 0 Å². The first-order chi connectivity index (χ1) is 8.88. The number of likely N-dealkylation sites (tertiary alicyclic amines) is 2. The quantitative estimate of drug-likeness (QED) is 0.763. The molecule has 2 saturated heterocycles. The number of hydrogen-bond donors (Lipinski definition) is 1. The fraction of sp³-hybridized carbons (Fsp3) is 0.769. The van der Waals surface area contributed by atoms with E-state index in [1.165, 1.54) is 4.90 Å². The van der Waals surface area contributed by atoms with Gasteiger partial charge in [-0.15, -0.1) is 0 Å². The van der Waals surface area contributed by atoms with Crippen LogP contribution in [0.5, 0.6) is 0 Å². The van der Waals surface area contributed by atoms with Gasteiger partial charge < -0.3 is 15.5 Å². The second kappa shape index (κ2) is 4.83. The highest BCUT2D eigenvalue weighted by molar-refractivity contribution is 5.96. The minimum atomic E-state index is -0.712. The summed E-state index contributed by atoms with van der Waals surface area (Å²) in [6, 6.07) is 0. The molecule has 0 aromatic rings. The van der Waals surface area contributed by atoms with Crippen molar-refractivity contribution in [3.05, 3.63) is 0 Å². The molecule has 0 saturated carbocycles. The number of rotatable bonds is 3. The van der Waals surface area contributed by atoms with E-state index in [1.807, 2.05) is 13.8 Å². The lowest BCUT2D eigenvalue weighted by Crippen LogP contribution is -2.54. The smallest absolute Gasteiger partial charge is 0.249 e. The number of carbonyl (C=O) groups excluding carboxylic acids is 3. The molecule has 2 fully saturated rings. The van der Waals surface area contributed by atoms with E-state index < -0.39 is 11.4 Å². The zero-order valence-electron chi connectivity index (χ0n) is 11.5. The molecule has 6 heteroatoms. The molecule has 0 bridgehead atoms. The van der Waals surface area contributed by atoms with Crippen molar-refractivity contribution < 1.29 is 14.4 Å². The third-order valence-electron chi connectivity index (χ3n) is 4.08. The molecule has 0 radical (unpaired) electrons. The van der Waals surface area contributed by atoms with Crippen molar-refractivity contribution >= 4 is 17.7 Å². The Balaban J connectivity index is 2.21. The maximum absolute atomic E-state index is 12.5. The molecule has 2 aliphatic heterocycles. The van der Waals surface area contributed by atoms with Crippen LogP contribution in [0, 0.1) is 5.92 Å². The third-order valence-corrected chi connectivity index (χ3v) is 4.08. The molecule has 3 amide bonds. The number of nitrogens with zero attached hydrogens (tertiary/aromatic N) is 2. The summed E-state index contributed by atoms with van der Waals surface area (Å²) in [7, 11) is 0. The first-order valence-electron chi connectivity index (χ1n) is 6.77. The molecular formula is C13H21N3O3. The van der Waals surface area contributed by atoms with Gasteiger partial charge in [0.05, 0.1) is 6.54 Å². The van der Waals surface area contributed by atoms with E-state index in [0.717, 1.165) is 6.42 Å². The second-order valence-electron chi connectivity index (χ2n) is 5.72. The molecule has 1 atom stereocenters. The highest BCUT2D eigenvalue weighted by Gasteiger charge is 2.55. The van der Waals surface area contributed by atoms with Crippen molar-refractivity contribution in [3.8, 4) is 0 Å². The number of carbonyl (C=O) groups is 3. The van der Waals surface area contributed by atoms with Crippen LogP contribution < -0.4 is 5.73 Å². The van der Waals surface area contributed by atoms with Crippen LogP contribution in [0.15, 0.2) is 0 Å². The van der Waals surface area contributed by atoms with Crippen molar-refractivity contribution in [2.75, 3.05) is 19.6 Å². The van der Waals surface area contributed by atoms with Crippen LogP contribution in [0.2, 0.25) is 0 Å². The molecule has 2 heterocycles. The Hall–Kier alpha value is -1.59. The van der Waals surface area contributed by atoms with Gasteiger partial charge in [0.15, 0.2) is 0 Å². The minimum Gasteiger partial charge on any atom is -0.368 e. The summed E-state index contributed by atoms with van der Waals surface area (Å²) >= 11 is 0. The zero-order chi connectivity index (χ0) is 14.2. The number of hydrogen-bond acceptors (Lipinski definition) is 3. The molecule has 19 heavy (non-hydrogen) atoms. The molecule has 1 unspecified atom stereocenters. The largest absolute Gasteiger partial charge is 0.368 e. The first kappa shape index (κ1) is 13.8. The van der Waals surface area contributed by atoms with Gasteiger partial charge in [-0.1, -0.05) is 13.8 Å². The lowest BCUT2D eigenvalue weighted by atomic mass is 9.93. The van der Waals surface area contributed by atoms with Crippen LogP contribution in [0.25, 0.3) is 0 Å². The van der Waals surface area contributed by atoms with Gasteiger partial charge in [0.25, 0.3) is 0 Å². The molecule has 0 aromatic heterocycles. The van der Waals surface area contributed by atoms with E-state index in [0.29, 0.717) is 25.9 Å². The maximum atomic E-state index is 12.5. The Kier molecular flexibility index (Phi) is 3.52. The molecule has 0 aromatic carbocycles.